The van der Waals surface area contributed by atoms with Gasteiger partial charge in [0.05, 0.1) is 27.7 Å². The van der Waals surface area contributed by atoms with Crippen LogP contribution in [0.15, 0.2) is 52.1 Å². The van der Waals surface area contributed by atoms with Gasteiger partial charge in [-0.15, -0.1) is 11.3 Å². The van der Waals surface area contributed by atoms with E-state index in [0.717, 1.165) is 21.6 Å². The molecule has 0 radical (unpaired) electrons. The van der Waals surface area contributed by atoms with Crippen LogP contribution in [0.3, 0.4) is 0 Å². The van der Waals surface area contributed by atoms with Crippen molar-refractivity contribution < 1.29 is 0 Å². The van der Waals surface area contributed by atoms with Gasteiger partial charge in [-0.05, 0) is 55.7 Å². The van der Waals surface area contributed by atoms with Crippen molar-refractivity contribution in [1.29, 1.82) is 0 Å². The van der Waals surface area contributed by atoms with Crippen LogP contribution in [-0.4, -0.2) is 9.13 Å². The number of hydrogen-bond donors (Lipinski definition) is 0. The average molecular weight is 445 g/mol. The molecule has 0 amide bonds. The highest BCUT2D eigenvalue weighted by Crippen LogP contribution is 2.29. The van der Waals surface area contributed by atoms with E-state index in [1.165, 1.54) is 15.9 Å². The van der Waals surface area contributed by atoms with E-state index >= 15 is 0 Å². The summed E-state index contributed by atoms with van der Waals surface area (Å²) in [5, 5.41) is 1.22. The average Bonchev–Trinajstić information content (AvgIpc) is 2.98. The normalized spacial score (nSPS) is 11.3. The highest BCUT2D eigenvalue weighted by molar-refractivity contribution is 7.18. The second kappa shape index (κ2) is 7.48. The SMILES string of the molecule is Cc1ccccc1Cn1c(=O)n(-c2ccc(Cl)c(Cl)c2)c(=O)c2c(C)c(C)sc21. The second-order valence-electron chi connectivity index (χ2n) is 7.00. The van der Waals surface area contributed by atoms with Gasteiger partial charge in [0.1, 0.15) is 4.83 Å². The molecule has 7 heteroatoms. The minimum absolute atomic E-state index is 0.291. The van der Waals surface area contributed by atoms with Crippen LogP contribution in [0.25, 0.3) is 15.9 Å². The molecule has 0 atom stereocenters. The van der Waals surface area contributed by atoms with Gasteiger partial charge in [-0.2, -0.15) is 0 Å². The van der Waals surface area contributed by atoms with Gasteiger partial charge in [-0.3, -0.25) is 9.36 Å². The molecule has 0 aliphatic rings. The van der Waals surface area contributed by atoms with Crippen LogP contribution in [-0.2, 0) is 6.54 Å². The Labute approximate surface area is 181 Å². The van der Waals surface area contributed by atoms with Gasteiger partial charge in [-0.25, -0.2) is 9.36 Å². The zero-order valence-electron chi connectivity index (χ0n) is 16.1. The summed E-state index contributed by atoms with van der Waals surface area (Å²) in [6.07, 6.45) is 0. The van der Waals surface area contributed by atoms with E-state index in [1.54, 1.807) is 22.8 Å². The van der Waals surface area contributed by atoms with Gasteiger partial charge < -0.3 is 0 Å². The fraction of sp³-hybridized carbons (Fsp3) is 0.182. The maximum atomic E-state index is 13.5. The number of fused-ring (bicyclic) bond motifs is 1. The number of halogens is 2. The van der Waals surface area contributed by atoms with E-state index in [4.69, 9.17) is 23.2 Å². The van der Waals surface area contributed by atoms with E-state index in [1.807, 2.05) is 45.0 Å². The zero-order chi connectivity index (χ0) is 20.9. The molecular formula is C22H18Cl2N2O2S. The number of aromatic nitrogens is 2. The zero-order valence-corrected chi connectivity index (χ0v) is 18.5. The molecule has 0 fully saturated rings. The van der Waals surface area contributed by atoms with E-state index in [2.05, 4.69) is 0 Å². The van der Waals surface area contributed by atoms with Crippen LogP contribution in [0.5, 0.6) is 0 Å². The van der Waals surface area contributed by atoms with Crippen molar-refractivity contribution >= 4 is 44.8 Å². The molecule has 0 aliphatic carbocycles. The maximum Gasteiger partial charge on any atom is 0.337 e. The summed E-state index contributed by atoms with van der Waals surface area (Å²) in [5.41, 5.74) is 2.67. The number of benzene rings is 2. The van der Waals surface area contributed by atoms with Gasteiger partial charge in [0.15, 0.2) is 0 Å². The molecule has 2 heterocycles. The summed E-state index contributed by atoms with van der Waals surface area (Å²) in [5.74, 6) is 0. The topological polar surface area (TPSA) is 44.0 Å². The van der Waals surface area contributed by atoms with Gasteiger partial charge in [0, 0.05) is 4.88 Å². The summed E-state index contributed by atoms with van der Waals surface area (Å²) >= 11 is 13.7. The van der Waals surface area contributed by atoms with Gasteiger partial charge in [-0.1, -0.05) is 47.5 Å². The van der Waals surface area contributed by atoms with Crippen molar-refractivity contribution in [2.24, 2.45) is 0 Å². The maximum absolute atomic E-state index is 13.5. The Morgan fingerprint density at radius 3 is 2.38 bits per heavy atom. The lowest BCUT2D eigenvalue weighted by atomic mass is 10.1. The van der Waals surface area contributed by atoms with E-state index < -0.39 is 5.69 Å². The van der Waals surface area contributed by atoms with Crippen LogP contribution in [0, 0.1) is 20.8 Å². The Balaban J connectivity index is 2.08. The van der Waals surface area contributed by atoms with Crippen molar-refractivity contribution in [3.05, 3.63) is 94.9 Å². The molecule has 0 bridgehead atoms. The molecule has 4 aromatic rings. The molecule has 0 unspecified atom stereocenters. The summed E-state index contributed by atoms with van der Waals surface area (Å²) in [6, 6.07) is 12.7. The lowest BCUT2D eigenvalue weighted by Crippen LogP contribution is -2.39. The van der Waals surface area contributed by atoms with Crippen molar-refractivity contribution in [2.75, 3.05) is 0 Å². The molecule has 0 saturated heterocycles. The number of nitrogens with zero attached hydrogens (tertiary/aromatic N) is 2. The summed E-state index contributed by atoms with van der Waals surface area (Å²) in [4.78, 5) is 28.5. The van der Waals surface area contributed by atoms with Gasteiger partial charge in [0.2, 0.25) is 0 Å². The Morgan fingerprint density at radius 2 is 1.69 bits per heavy atom. The number of thiophene rings is 1. The van der Waals surface area contributed by atoms with Gasteiger partial charge >= 0.3 is 5.69 Å². The number of aryl methyl sites for hydroxylation is 3. The minimum Gasteiger partial charge on any atom is -0.279 e. The summed E-state index contributed by atoms with van der Waals surface area (Å²) in [6.45, 7) is 6.27. The van der Waals surface area contributed by atoms with Crippen LogP contribution in [0.2, 0.25) is 10.0 Å². The molecule has 2 aromatic heterocycles. The Kier molecular flexibility index (Phi) is 5.15. The third-order valence-corrected chi connectivity index (χ3v) is 7.17. The first-order valence-electron chi connectivity index (χ1n) is 9.05. The fourth-order valence-corrected chi connectivity index (χ4v) is 4.84. The summed E-state index contributed by atoms with van der Waals surface area (Å²) in [7, 11) is 0. The highest BCUT2D eigenvalue weighted by Gasteiger charge is 2.20. The highest BCUT2D eigenvalue weighted by atomic mass is 35.5. The molecule has 148 valence electrons. The van der Waals surface area contributed by atoms with Gasteiger partial charge in [0.25, 0.3) is 5.56 Å². The molecular weight excluding hydrogens is 427 g/mol. The third kappa shape index (κ3) is 3.33. The first-order valence-corrected chi connectivity index (χ1v) is 10.6. The van der Waals surface area contributed by atoms with Crippen molar-refractivity contribution in [3.63, 3.8) is 0 Å². The van der Waals surface area contributed by atoms with Crippen LogP contribution >= 0.6 is 34.5 Å². The lowest BCUT2D eigenvalue weighted by Gasteiger charge is -2.14. The molecule has 4 rings (SSSR count). The summed E-state index contributed by atoms with van der Waals surface area (Å²) < 4.78 is 2.86. The molecule has 2 aromatic carbocycles. The molecule has 4 nitrogen and oxygen atoms in total. The molecule has 0 saturated carbocycles. The predicted octanol–water partition coefficient (Wildman–Crippen LogP) is 5.49. The molecule has 0 aliphatic heterocycles. The van der Waals surface area contributed by atoms with E-state index in [9.17, 15) is 9.59 Å². The third-order valence-electron chi connectivity index (χ3n) is 5.20. The quantitative estimate of drug-likeness (QED) is 0.418. The Hall–Kier alpha value is -2.34. The fourth-order valence-electron chi connectivity index (χ4n) is 3.41. The number of hydrogen-bond acceptors (Lipinski definition) is 3. The number of rotatable bonds is 3. The monoisotopic (exact) mass is 444 g/mol. The van der Waals surface area contributed by atoms with Crippen LogP contribution in [0.1, 0.15) is 21.6 Å². The minimum atomic E-state index is -0.398. The molecule has 0 spiro atoms. The molecule has 29 heavy (non-hydrogen) atoms. The second-order valence-corrected chi connectivity index (χ2v) is 9.02. The lowest BCUT2D eigenvalue weighted by molar-refractivity contribution is 0.716. The largest absolute Gasteiger partial charge is 0.337 e. The standard InChI is InChI=1S/C22H18Cl2N2O2S/c1-12-6-4-5-7-15(12)11-25-21-19(13(2)14(3)29-21)20(27)26(22(25)28)16-8-9-17(23)18(24)10-16/h4-10H,11H2,1-3H3. The first-order chi connectivity index (χ1) is 13.8. The smallest absolute Gasteiger partial charge is 0.279 e. The Bertz CT molecular complexity index is 1380. The van der Waals surface area contributed by atoms with E-state index in [0.29, 0.717) is 32.5 Å². The van der Waals surface area contributed by atoms with Crippen molar-refractivity contribution in [3.8, 4) is 5.69 Å². The van der Waals surface area contributed by atoms with Crippen LogP contribution in [0.4, 0.5) is 0 Å². The van der Waals surface area contributed by atoms with Crippen molar-refractivity contribution in [1.82, 2.24) is 9.13 Å². The first kappa shape index (κ1) is 20.0. The van der Waals surface area contributed by atoms with Crippen LogP contribution < -0.4 is 11.2 Å². The van der Waals surface area contributed by atoms with E-state index in [-0.39, 0.29) is 5.56 Å². The Morgan fingerprint density at radius 1 is 0.966 bits per heavy atom. The molecule has 0 N–H and O–H groups in total. The predicted molar refractivity (Wildman–Crippen MR) is 121 cm³/mol. The van der Waals surface area contributed by atoms with Crippen molar-refractivity contribution in [2.45, 2.75) is 27.3 Å².